The van der Waals surface area contributed by atoms with E-state index >= 15 is 0 Å². The topological polar surface area (TPSA) is 83.6 Å². The van der Waals surface area contributed by atoms with E-state index in [1.54, 1.807) is 0 Å². The highest BCUT2D eigenvalue weighted by molar-refractivity contribution is 7.89. The van der Waals surface area contributed by atoms with Crippen LogP contribution < -0.4 is 5.73 Å². The molecule has 0 aromatic heterocycles. The molecule has 0 radical (unpaired) electrons. The van der Waals surface area contributed by atoms with Gasteiger partial charge in [-0.05, 0) is 37.0 Å². The van der Waals surface area contributed by atoms with Gasteiger partial charge in [0.25, 0.3) is 0 Å². The van der Waals surface area contributed by atoms with Crippen molar-refractivity contribution < 1.29 is 13.5 Å². The van der Waals surface area contributed by atoms with Gasteiger partial charge in [0, 0.05) is 13.1 Å². The summed E-state index contributed by atoms with van der Waals surface area (Å²) in [6.45, 7) is 3.21. The third-order valence-corrected chi connectivity index (χ3v) is 5.56. The van der Waals surface area contributed by atoms with Gasteiger partial charge in [0.15, 0.2) is 0 Å². The van der Waals surface area contributed by atoms with Crippen LogP contribution in [0.4, 0.5) is 5.69 Å². The van der Waals surface area contributed by atoms with Crippen molar-refractivity contribution >= 4 is 15.7 Å². The van der Waals surface area contributed by atoms with Crippen LogP contribution in [0.15, 0.2) is 23.1 Å². The number of nitrogens with two attached hydrogens (primary N) is 1. The highest BCUT2D eigenvalue weighted by atomic mass is 32.2. The van der Waals surface area contributed by atoms with E-state index in [0.29, 0.717) is 19.0 Å². The van der Waals surface area contributed by atoms with Crippen LogP contribution in [0.25, 0.3) is 0 Å². The number of anilines is 1. The first kappa shape index (κ1) is 14.1. The number of aromatic hydroxyl groups is 1. The van der Waals surface area contributed by atoms with Crippen molar-refractivity contribution in [2.45, 2.75) is 31.1 Å². The number of piperidine rings is 1. The Morgan fingerprint density at radius 2 is 2.21 bits per heavy atom. The van der Waals surface area contributed by atoms with Gasteiger partial charge in [-0.25, -0.2) is 8.42 Å². The molecule has 0 amide bonds. The maximum atomic E-state index is 12.5. The van der Waals surface area contributed by atoms with Crippen molar-refractivity contribution in [1.29, 1.82) is 0 Å². The van der Waals surface area contributed by atoms with E-state index in [1.807, 2.05) is 0 Å². The molecule has 1 fully saturated rings. The van der Waals surface area contributed by atoms with Gasteiger partial charge < -0.3 is 10.8 Å². The van der Waals surface area contributed by atoms with E-state index in [0.717, 1.165) is 19.3 Å². The Morgan fingerprint density at radius 3 is 2.84 bits per heavy atom. The largest absolute Gasteiger partial charge is 0.506 e. The molecule has 2 rings (SSSR count). The lowest BCUT2D eigenvalue weighted by molar-refractivity contribution is 0.261. The first-order chi connectivity index (χ1) is 8.95. The molecule has 0 saturated carbocycles. The molecular weight excluding hydrogens is 264 g/mol. The van der Waals surface area contributed by atoms with Gasteiger partial charge in [-0.1, -0.05) is 13.3 Å². The molecule has 1 aliphatic rings. The van der Waals surface area contributed by atoms with E-state index in [9.17, 15) is 13.5 Å². The van der Waals surface area contributed by atoms with Gasteiger partial charge in [-0.3, -0.25) is 0 Å². The molecular formula is C13H20N2O3S. The third kappa shape index (κ3) is 2.84. The number of hydrogen-bond acceptors (Lipinski definition) is 4. The molecule has 0 aliphatic carbocycles. The minimum Gasteiger partial charge on any atom is -0.506 e. The van der Waals surface area contributed by atoms with Gasteiger partial charge in [0.2, 0.25) is 10.0 Å². The highest BCUT2D eigenvalue weighted by Crippen LogP contribution is 2.28. The minimum absolute atomic E-state index is 0.0881. The number of nitrogens with zero attached hydrogens (tertiary/aromatic N) is 1. The fraction of sp³-hybridized carbons (Fsp3) is 0.538. The molecule has 1 atom stereocenters. The molecule has 1 saturated heterocycles. The van der Waals surface area contributed by atoms with E-state index in [2.05, 4.69) is 6.92 Å². The second-order valence-electron chi connectivity index (χ2n) is 5.00. The summed E-state index contributed by atoms with van der Waals surface area (Å²) < 4.78 is 26.5. The van der Waals surface area contributed by atoms with Gasteiger partial charge in [0.1, 0.15) is 5.75 Å². The molecule has 1 heterocycles. The number of benzene rings is 1. The van der Waals surface area contributed by atoms with Crippen molar-refractivity contribution in [2.75, 3.05) is 18.8 Å². The molecule has 19 heavy (non-hydrogen) atoms. The lowest BCUT2D eigenvalue weighted by Crippen LogP contribution is -2.39. The maximum Gasteiger partial charge on any atom is 0.243 e. The molecule has 106 valence electrons. The zero-order chi connectivity index (χ0) is 14.0. The number of phenolic OH excluding ortho intramolecular Hbond substituents is 1. The summed E-state index contributed by atoms with van der Waals surface area (Å²) in [5.74, 6) is 0.335. The smallest absolute Gasteiger partial charge is 0.243 e. The number of hydrogen-bond donors (Lipinski definition) is 2. The normalized spacial score (nSPS) is 21.4. The zero-order valence-electron chi connectivity index (χ0n) is 11.0. The standard InChI is InChI=1S/C13H20N2O3S/c1-2-10-4-3-7-15(9-10)19(17,18)11-5-6-13(16)12(14)8-11/h5-6,8,10,16H,2-4,7,9,14H2,1H3. The van der Waals surface area contributed by atoms with Gasteiger partial charge >= 0.3 is 0 Å². The van der Waals surface area contributed by atoms with Crippen molar-refractivity contribution in [3.8, 4) is 5.75 Å². The molecule has 1 unspecified atom stereocenters. The van der Waals surface area contributed by atoms with Crippen LogP contribution in [0, 0.1) is 5.92 Å². The van der Waals surface area contributed by atoms with Crippen LogP contribution in [-0.2, 0) is 10.0 Å². The summed E-state index contributed by atoms with van der Waals surface area (Å²) in [5, 5.41) is 9.37. The van der Waals surface area contributed by atoms with Crippen molar-refractivity contribution in [3.63, 3.8) is 0 Å². The second kappa shape index (κ2) is 5.38. The number of sulfonamides is 1. The number of rotatable bonds is 3. The fourth-order valence-corrected chi connectivity index (χ4v) is 4.01. The molecule has 0 spiro atoms. The van der Waals surface area contributed by atoms with Crippen LogP contribution in [0.1, 0.15) is 26.2 Å². The lowest BCUT2D eigenvalue weighted by atomic mass is 9.97. The Kier molecular flexibility index (Phi) is 4.01. The highest BCUT2D eigenvalue weighted by Gasteiger charge is 2.29. The third-order valence-electron chi connectivity index (χ3n) is 3.70. The first-order valence-corrected chi connectivity index (χ1v) is 7.97. The van der Waals surface area contributed by atoms with E-state index in [4.69, 9.17) is 5.73 Å². The second-order valence-corrected chi connectivity index (χ2v) is 6.94. The van der Waals surface area contributed by atoms with E-state index < -0.39 is 10.0 Å². The van der Waals surface area contributed by atoms with Gasteiger partial charge in [-0.2, -0.15) is 4.31 Å². The van der Waals surface area contributed by atoms with Crippen LogP contribution in [0.2, 0.25) is 0 Å². The predicted octanol–water partition coefficient (Wildman–Crippen LogP) is 1.79. The monoisotopic (exact) mass is 284 g/mol. The summed E-state index contributed by atoms with van der Waals surface area (Å²) in [7, 11) is -3.50. The number of phenols is 1. The summed E-state index contributed by atoms with van der Waals surface area (Å²) in [4.78, 5) is 0.152. The molecule has 6 heteroatoms. The molecule has 0 bridgehead atoms. The van der Waals surface area contributed by atoms with Crippen molar-refractivity contribution in [3.05, 3.63) is 18.2 Å². The summed E-state index contributed by atoms with van der Waals surface area (Å²) in [6, 6.07) is 4.04. The molecule has 1 aliphatic heterocycles. The van der Waals surface area contributed by atoms with Crippen LogP contribution in [-0.4, -0.2) is 30.9 Å². The Labute approximate surface area is 114 Å². The summed E-state index contributed by atoms with van der Waals surface area (Å²) in [5.41, 5.74) is 5.66. The Balaban J connectivity index is 2.28. The average Bonchev–Trinajstić information content (AvgIpc) is 2.41. The van der Waals surface area contributed by atoms with Crippen molar-refractivity contribution in [1.82, 2.24) is 4.31 Å². The molecule has 1 aromatic carbocycles. The summed E-state index contributed by atoms with van der Waals surface area (Å²) >= 11 is 0. The van der Waals surface area contributed by atoms with Crippen LogP contribution in [0.3, 0.4) is 0 Å². The fourth-order valence-electron chi connectivity index (χ4n) is 2.42. The molecule has 1 aromatic rings. The summed E-state index contributed by atoms with van der Waals surface area (Å²) in [6.07, 6.45) is 2.97. The predicted molar refractivity (Wildman–Crippen MR) is 74.3 cm³/mol. The number of nitrogen functional groups attached to an aromatic ring is 1. The molecule has 5 nitrogen and oxygen atoms in total. The zero-order valence-corrected chi connectivity index (χ0v) is 11.9. The molecule has 3 N–H and O–H groups in total. The van der Waals surface area contributed by atoms with Crippen LogP contribution >= 0.6 is 0 Å². The van der Waals surface area contributed by atoms with Gasteiger partial charge in [0.05, 0.1) is 10.6 Å². The maximum absolute atomic E-state index is 12.5. The Bertz CT molecular complexity index is 557. The first-order valence-electron chi connectivity index (χ1n) is 6.53. The van der Waals surface area contributed by atoms with Gasteiger partial charge in [-0.15, -0.1) is 0 Å². The van der Waals surface area contributed by atoms with E-state index in [-0.39, 0.29) is 16.3 Å². The SMILES string of the molecule is CCC1CCCN(S(=O)(=O)c2ccc(O)c(N)c2)C1. The Morgan fingerprint density at radius 1 is 1.47 bits per heavy atom. The minimum atomic E-state index is -3.50. The lowest BCUT2D eigenvalue weighted by Gasteiger charge is -2.31. The quantitative estimate of drug-likeness (QED) is 0.654. The Hall–Kier alpha value is -1.27. The van der Waals surface area contributed by atoms with Crippen molar-refractivity contribution in [2.24, 2.45) is 5.92 Å². The van der Waals surface area contributed by atoms with Crippen LogP contribution in [0.5, 0.6) is 5.75 Å². The van der Waals surface area contributed by atoms with E-state index in [1.165, 1.54) is 22.5 Å². The average molecular weight is 284 g/mol.